The Bertz CT molecular complexity index is 264. The quantitative estimate of drug-likeness (QED) is 0.790. The van der Waals surface area contributed by atoms with Gasteiger partial charge in [-0.25, -0.2) is 0 Å². The zero-order chi connectivity index (χ0) is 11.8. The number of likely N-dealkylation sites (tertiary alicyclic amines) is 1. The van der Waals surface area contributed by atoms with E-state index in [9.17, 15) is 0 Å². The van der Waals surface area contributed by atoms with Crippen molar-refractivity contribution in [3.63, 3.8) is 0 Å². The Morgan fingerprint density at radius 2 is 1.94 bits per heavy atom. The summed E-state index contributed by atoms with van der Waals surface area (Å²) in [4.78, 5) is 5.39. The second kappa shape index (κ2) is 4.87. The monoisotopic (exact) mass is 237 g/mol. The number of hydrogen-bond donors (Lipinski definition) is 1. The molecule has 3 unspecified atom stereocenters. The van der Waals surface area contributed by atoms with Crippen molar-refractivity contribution < 1.29 is 0 Å². The Labute approximate surface area is 106 Å². The van der Waals surface area contributed by atoms with Crippen LogP contribution in [0.5, 0.6) is 0 Å². The maximum atomic E-state index is 3.40. The van der Waals surface area contributed by atoms with E-state index < -0.39 is 0 Å². The molecule has 98 valence electrons. The molecule has 0 aliphatic carbocycles. The molecule has 0 aromatic carbocycles. The predicted octanol–water partition coefficient (Wildman–Crippen LogP) is 1.01. The van der Waals surface area contributed by atoms with Crippen LogP contribution in [0.15, 0.2) is 0 Å². The van der Waals surface area contributed by atoms with Gasteiger partial charge in [-0.05, 0) is 57.8 Å². The first-order valence-electron chi connectivity index (χ1n) is 7.39. The standard InChI is InChI=1S/C14H27N3/c1-11(12-7-15-8-12)9-17-6-5-13-3-4-14(10-17)16(13)2/h11-15H,3-10H2,1-2H3. The van der Waals surface area contributed by atoms with E-state index in [1.54, 1.807) is 0 Å². The summed E-state index contributed by atoms with van der Waals surface area (Å²) in [7, 11) is 2.34. The van der Waals surface area contributed by atoms with Crippen LogP contribution in [-0.2, 0) is 0 Å². The highest BCUT2D eigenvalue weighted by atomic mass is 15.3. The van der Waals surface area contributed by atoms with E-state index in [1.807, 2.05) is 0 Å². The van der Waals surface area contributed by atoms with Crippen LogP contribution in [0.3, 0.4) is 0 Å². The normalized spacial score (nSPS) is 37.8. The molecule has 3 atom stereocenters. The predicted molar refractivity (Wildman–Crippen MR) is 71.2 cm³/mol. The van der Waals surface area contributed by atoms with Gasteiger partial charge in [0.05, 0.1) is 0 Å². The van der Waals surface area contributed by atoms with Crippen molar-refractivity contribution in [2.45, 2.75) is 38.3 Å². The minimum Gasteiger partial charge on any atom is -0.316 e. The highest BCUT2D eigenvalue weighted by molar-refractivity contribution is 4.92. The Morgan fingerprint density at radius 1 is 1.18 bits per heavy atom. The number of rotatable bonds is 3. The summed E-state index contributed by atoms with van der Waals surface area (Å²) in [5, 5.41) is 3.40. The molecule has 3 saturated heterocycles. The summed E-state index contributed by atoms with van der Waals surface area (Å²) in [6, 6.07) is 1.72. The molecule has 3 rings (SSSR count). The smallest absolute Gasteiger partial charge is 0.0223 e. The minimum absolute atomic E-state index is 0.842. The molecule has 2 bridgehead atoms. The van der Waals surface area contributed by atoms with Crippen molar-refractivity contribution in [1.82, 2.24) is 15.1 Å². The van der Waals surface area contributed by atoms with Gasteiger partial charge in [0.25, 0.3) is 0 Å². The van der Waals surface area contributed by atoms with E-state index in [1.165, 1.54) is 52.0 Å². The molecule has 3 heteroatoms. The Balaban J connectivity index is 1.54. The average Bonchev–Trinajstić information content (AvgIpc) is 2.43. The molecule has 0 saturated carbocycles. The lowest BCUT2D eigenvalue weighted by Crippen LogP contribution is -2.49. The second-order valence-electron chi connectivity index (χ2n) is 6.49. The van der Waals surface area contributed by atoms with Crippen molar-refractivity contribution in [1.29, 1.82) is 0 Å². The van der Waals surface area contributed by atoms with Crippen molar-refractivity contribution in [2.24, 2.45) is 11.8 Å². The van der Waals surface area contributed by atoms with E-state index in [0.717, 1.165) is 23.9 Å². The van der Waals surface area contributed by atoms with Gasteiger partial charge in [-0.1, -0.05) is 6.92 Å². The first-order valence-corrected chi connectivity index (χ1v) is 7.39. The summed E-state index contributed by atoms with van der Waals surface area (Å²) in [6.07, 6.45) is 4.26. The summed E-state index contributed by atoms with van der Waals surface area (Å²) >= 11 is 0. The maximum Gasteiger partial charge on any atom is 0.0223 e. The summed E-state index contributed by atoms with van der Waals surface area (Å²) in [5.41, 5.74) is 0. The zero-order valence-corrected chi connectivity index (χ0v) is 11.4. The zero-order valence-electron chi connectivity index (χ0n) is 11.4. The number of likely N-dealkylation sites (N-methyl/N-ethyl adjacent to an activating group) is 1. The van der Waals surface area contributed by atoms with Crippen LogP contribution in [0.25, 0.3) is 0 Å². The number of nitrogens with one attached hydrogen (secondary N) is 1. The summed E-state index contributed by atoms with van der Waals surface area (Å²) < 4.78 is 0. The molecule has 3 aliphatic heterocycles. The molecular formula is C14H27N3. The van der Waals surface area contributed by atoms with Crippen LogP contribution in [0.4, 0.5) is 0 Å². The molecule has 0 aromatic rings. The first-order chi connectivity index (χ1) is 8.24. The third kappa shape index (κ3) is 2.38. The number of hydrogen-bond acceptors (Lipinski definition) is 3. The minimum atomic E-state index is 0.842. The van der Waals surface area contributed by atoms with E-state index in [4.69, 9.17) is 0 Å². The van der Waals surface area contributed by atoms with E-state index >= 15 is 0 Å². The Morgan fingerprint density at radius 3 is 2.65 bits per heavy atom. The fraction of sp³-hybridized carbons (Fsp3) is 1.00. The topological polar surface area (TPSA) is 18.5 Å². The third-order valence-electron chi connectivity index (χ3n) is 5.40. The lowest BCUT2D eigenvalue weighted by Gasteiger charge is -2.36. The molecule has 17 heavy (non-hydrogen) atoms. The SMILES string of the molecule is CC(CN1CCC2CCC(C1)N2C)C1CNC1. The maximum absolute atomic E-state index is 3.40. The lowest BCUT2D eigenvalue weighted by molar-refractivity contribution is 0.154. The average molecular weight is 237 g/mol. The fourth-order valence-electron chi connectivity index (χ4n) is 3.81. The third-order valence-corrected chi connectivity index (χ3v) is 5.40. The van der Waals surface area contributed by atoms with Gasteiger partial charge < -0.3 is 10.2 Å². The largest absolute Gasteiger partial charge is 0.316 e. The molecule has 0 radical (unpaired) electrons. The van der Waals surface area contributed by atoms with Gasteiger partial charge in [0.15, 0.2) is 0 Å². The molecule has 0 amide bonds. The molecule has 3 fully saturated rings. The van der Waals surface area contributed by atoms with Crippen molar-refractivity contribution in [3.05, 3.63) is 0 Å². The highest BCUT2D eigenvalue weighted by Gasteiger charge is 2.35. The van der Waals surface area contributed by atoms with Crippen molar-refractivity contribution in [3.8, 4) is 0 Å². The Hall–Kier alpha value is -0.120. The second-order valence-corrected chi connectivity index (χ2v) is 6.49. The van der Waals surface area contributed by atoms with Gasteiger partial charge in [-0.3, -0.25) is 4.90 Å². The molecule has 3 heterocycles. The van der Waals surface area contributed by atoms with Gasteiger partial charge >= 0.3 is 0 Å². The van der Waals surface area contributed by atoms with Crippen LogP contribution in [0.2, 0.25) is 0 Å². The van der Waals surface area contributed by atoms with E-state index in [-0.39, 0.29) is 0 Å². The van der Waals surface area contributed by atoms with Gasteiger partial charge in [-0.15, -0.1) is 0 Å². The highest BCUT2D eigenvalue weighted by Crippen LogP contribution is 2.29. The molecule has 3 aliphatic rings. The van der Waals surface area contributed by atoms with Crippen LogP contribution in [0.1, 0.15) is 26.2 Å². The van der Waals surface area contributed by atoms with Crippen LogP contribution >= 0.6 is 0 Å². The number of nitrogens with zero attached hydrogens (tertiary/aromatic N) is 2. The Kier molecular flexibility index (Phi) is 3.42. The lowest BCUT2D eigenvalue weighted by atomic mass is 9.88. The van der Waals surface area contributed by atoms with Gasteiger partial charge in [0.1, 0.15) is 0 Å². The van der Waals surface area contributed by atoms with Gasteiger partial charge in [-0.2, -0.15) is 0 Å². The molecule has 3 nitrogen and oxygen atoms in total. The van der Waals surface area contributed by atoms with Gasteiger partial charge in [0.2, 0.25) is 0 Å². The van der Waals surface area contributed by atoms with E-state index in [2.05, 4.69) is 29.1 Å². The van der Waals surface area contributed by atoms with Crippen LogP contribution < -0.4 is 5.32 Å². The molecule has 1 N–H and O–H groups in total. The first kappa shape index (κ1) is 11.9. The molecule has 0 aromatic heterocycles. The number of fused-ring (bicyclic) bond motifs is 2. The summed E-state index contributed by atoms with van der Waals surface area (Å²) in [5.74, 6) is 1.81. The van der Waals surface area contributed by atoms with Gasteiger partial charge in [0, 0.05) is 25.2 Å². The molecular weight excluding hydrogens is 210 g/mol. The van der Waals surface area contributed by atoms with Crippen molar-refractivity contribution in [2.75, 3.05) is 39.8 Å². The van der Waals surface area contributed by atoms with Crippen molar-refractivity contribution >= 4 is 0 Å². The summed E-state index contributed by atoms with van der Waals surface area (Å²) in [6.45, 7) is 8.91. The van der Waals surface area contributed by atoms with E-state index in [0.29, 0.717) is 0 Å². The van der Waals surface area contributed by atoms with Crippen LogP contribution in [-0.4, -0.2) is 61.7 Å². The van der Waals surface area contributed by atoms with Crippen LogP contribution in [0, 0.1) is 11.8 Å². The molecule has 0 spiro atoms. The fourth-order valence-corrected chi connectivity index (χ4v) is 3.81.